The Balaban J connectivity index is 0.00000441. The minimum atomic E-state index is 0. The molecule has 0 atom stereocenters. The van der Waals surface area contributed by atoms with Crippen molar-refractivity contribution < 1.29 is 4.79 Å². The maximum Gasteiger partial charge on any atom is 0.243 e. The van der Waals surface area contributed by atoms with Crippen LogP contribution in [-0.2, 0) is 4.79 Å². The number of nitrogens with zero attached hydrogens (tertiary/aromatic N) is 2. The van der Waals surface area contributed by atoms with E-state index in [1.165, 1.54) is 44.9 Å². The Morgan fingerprint density at radius 3 is 2.45 bits per heavy atom. The molecule has 5 nitrogen and oxygen atoms in total. The van der Waals surface area contributed by atoms with Gasteiger partial charge in [0.2, 0.25) is 5.91 Å². The number of halogens is 1. The van der Waals surface area contributed by atoms with E-state index in [1.54, 1.807) is 19.0 Å². The first-order chi connectivity index (χ1) is 10.1. The Morgan fingerprint density at radius 1 is 1.18 bits per heavy atom. The van der Waals surface area contributed by atoms with Crippen molar-refractivity contribution in [1.29, 1.82) is 0 Å². The number of rotatable bonds is 7. The van der Waals surface area contributed by atoms with Gasteiger partial charge in [0.1, 0.15) is 6.54 Å². The normalized spacial score (nSPS) is 15.9. The summed E-state index contributed by atoms with van der Waals surface area (Å²) in [5, 5.41) is 6.51. The minimum absolute atomic E-state index is 0. The molecule has 22 heavy (non-hydrogen) atoms. The molecule has 0 unspecified atom stereocenters. The molecular weight excluding hydrogens is 391 g/mol. The minimum Gasteiger partial charge on any atom is -0.357 e. The summed E-state index contributed by atoms with van der Waals surface area (Å²) in [5.41, 5.74) is 0. The molecule has 1 fully saturated rings. The van der Waals surface area contributed by atoms with Crippen LogP contribution in [0.25, 0.3) is 0 Å². The molecule has 0 spiro atoms. The number of nitrogens with one attached hydrogen (secondary N) is 2. The van der Waals surface area contributed by atoms with Crippen molar-refractivity contribution >= 4 is 35.8 Å². The smallest absolute Gasteiger partial charge is 0.243 e. The Kier molecular flexibility index (Phi) is 12.6. The molecule has 1 rings (SSSR count). The molecule has 1 amide bonds. The Bertz CT molecular complexity index is 328. The monoisotopic (exact) mass is 424 g/mol. The standard InChI is InChI=1S/C16H32N4O.HI/c1-4-17-16(19-13-15(21)20(2)3)18-12-8-11-14-9-6-5-7-10-14;/h14H,4-13H2,1-3H3,(H2,17,18,19);1H. The molecule has 1 aliphatic rings. The van der Waals surface area contributed by atoms with Crippen molar-refractivity contribution in [3.63, 3.8) is 0 Å². The van der Waals surface area contributed by atoms with Crippen molar-refractivity contribution in [1.82, 2.24) is 15.5 Å². The maximum atomic E-state index is 11.6. The predicted molar refractivity (Wildman–Crippen MR) is 104 cm³/mol. The van der Waals surface area contributed by atoms with Gasteiger partial charge in [0.05, 0.1) is 0 Å². The number of likely N-dealkylation sites (N-methyl/N-ethyl adjacent to an activating group) is 1. The van der Waals surface area contributed by atoms with Gasteiger partial charge < -0.3 is 15.5 Å². The zero-order chi connectivity index (χ0) is 15.5. The molecule has 1 aliphatic carbocycles. The van der Waals surface area contributed by atoms with Crippen LogP contribution in [0.3, 0.4) is 0 Å². The van der Waals surface area contributed by atoms with Crippen LogP contribution in [0.15, 0.2) is 4.99 Å². The highest BCUT2D eigenvalue weighted by Gasteiger charge is 2.12. The predicted octanol–water partition coefficient (Wildman–Crippen LogP) is 2.61. The number of carbonyl (C=O) groups is 1. The Hall–Kier alpha value is -0.530. The quantitative estimate of drug-likeness (QED) is 0.286. The number of guanidine groups is 1. The van der Waals surface area contributed by atoms with E-state index >= 15 is 0 Å². The topological polar surface area (TPSA) is 56.7 Å². The van der Waals surface area contributed by atoms with Gasteiger partial charge in [-0.1, -0.05) is 32.1 Å². The van der Waals surface area contributed by atoms with Crippen molar-refractivity contribution in [3.8, 4) is 0 Å². The van der Waals surface area contributed by atoms with E-state index in [0.29, 0.717) is 0 Å². The van der Waals surface area contributed by atoms with Crippen LogP contribution in [0.4, 0.5) is 0 Å². The van der Waals surface area contributed by atoms with Crippen LogP contribution in [0, 0.1) is 5.92 Å². The van der Waals surface area contributed by atoms with Crippen LogP contribution in [0.1, 0.15) is 51.9 Å². The summed E-state index contributed by atoms with van der Waals surface area (Å²) < 4.78 is 0. The Morgan fingerprint density at radius 2 is 1.86 bits per heavy atom. The molecule has 2 N–H and O–H groups in total. The van der Waals surface area contributed by atoms with E-state index in [-0.39, 0.29) is 36.4 Å². The average molecular weight is 424 g/mol. The van der Waals surface area contributed by atoms with E-state index in [2.05, 4.69) is 15.6 Å². The fourth-order valence-electron chi connectivity index (χ4n) is 2.70. The number of amides is 1. The van der Waals surface area contributed by atoms with Gasteiger partial charge in [-0.25, -0.2) is 4.99 Å². The first-order valence-corrected chi connectivity index (χ1v) is 8.35. The number of aliphatic imine (C=N–C) groups is 1. The van der Waals surface area contributed by atoms with Crippen molar-refractivity contribution in [2.75, 3.05) is 33.7 Å². The van der Waals surface area contributed by atoms with Crippen molar-refractivity contribution in [3.05, 3.63) is 0 Å². The van der Waals surface area contributed by atoms with E-state index in [4.69, 9.17) is 0 Å². The molecule has 130 valence electrons. The third-order valence-electron chi connectivity index (χ3n) is 4.02. The van der Waals surface area contributed by atoms with E-state index in [1.807, 2.05) is 6.92 Å². The second kappa shape index (κ2) is 13.0. The van der Waals surface area contributed by atoms with Crippen molar-refractivity contribution in [2.45, 2.75) is 51.9 Å². The molecule has 0 bridgehead atoms. The van der Waals surface area contributed by atoms with Gasteiger partial charge >= 0.3 is 0 Å². The summed E-state index contributed by atoms with van der Waals surface area (Å²) in [7, 11) is 3.50. The summed E-state index contributed by atoms with van der Waals surface area (Å²) >= 11 is 0. The highest BCUT2D eigenvalue weighted by molar-refractivity contribution is 14.0. The lowest BCUT2D eigenvalue weighted by Crippen LogP contribution is -2.39. The lowest BCUT2D eigenvalue weighted by Gasteiger charge is -2.21. The third kappa shape index (κ3) is 9.48. The van der Waals surface area contributed by atoms with Gasteiger partial charge in [-0.3, -0.25) is 4.79 Å². The second-order valence-corrected chi connectivity index (χ2v) is 6.06. The first-order valence-electron chi connectivity index (χ1n) is 8.35. The lowest BCUT2D eigenvalue weighted by atomic mass is 9.86. The fraction of sp³-hybridized carbons (Fsp3) is 0.875. The summed E-state index contributed by atoms with van der Waals surface area (Å²) in [6, 6.07) is 0. The van der Waals surface area contributed by atoms with Crippen LogP contribution in [-0.4, -0.2) is 50.5 Å². The highest BCUT2D eigenvalue weighted by atomic mass is 127. The third-order valence-corrected chi connectivity index (χ3v) is 4.02. The molecule has 0 aromatic heterocycles. The molecule has 0 aliphatic heterocycles. The zero-order valence-corrected chi connectivity index (χ0v) is 16.7. The van der Waals surface area contributed by atoms with Crippen LogP contribution >= 0.6 is 24.0 Å². The van der Waals surface area contributed by atoms with E-state index < -0.39 is 0 Å². The van der Waals surface area contributed by atoms with Gasteiger partial charge in [0.25, 0.3) is 0 Å². The van der Waals surface area contributed by atoms with Gasteiger partial charge in [-0.2, -0.15) is 0 Å². The van der Waals surface area contributed by atoms with E-state index in [9.17, 15) is 4.79 Å². The fourth-order valence-corrected chi connectivity index (χ4v) is 2.70. The molecular formula is C16H33IN4O. The van der Waals surface area contributed by atoms with Gasteiger partial charge in [0, 0.05) is 27.2 Å². The molecule has 1 saturated carbocycles. The molecule has 6 heteroatoms. The van der Waals surface area contributed by atoms with E-state index in [0.717, 1.165) is 25.0 Å². The summed E-state index contributed by atoms with van der Waals surface area (Å²) in [4.78, 5) is 17.4. The highest BCUT2D eigenvalue weighted by Crippen LogP contribution is 2.26. The van der Waals surface area contributed by atoms with Gasteiger partial charge in [-0.15, -0.1) is 24.0 Å². The average Bonchev–Trinajstić information content (AvgIpc) is 2.49. The first kappa shape index (κ1) is 21.5. The summed E-state index contributed by atoms with van der Waals surface area (Å²) in [5.74, 6) is 1.70. The van der Waals surface area contributed by atoms with Gasteiger partial charge in [-0.05, 0) is 25.7 Å². The van der Waals surface area contributed by atoms with Crippen molar-refractivity contribution in [2.24, 2.45) is 10.9 Å². The number of hydrogen-bond donors (Lipinski definition) is 2. The zero-order valence-electron chi connectivity index (χ0n) is 14.4. The Labute approximate surface area is 152 Å². The number of hydrogen-bond acceptors (Lipinski definition) is 2. The molecule has 0 saturated heterocycles. The maximum absolute atomic E-state index is 11.6. The molecule has 0 heterocycles. The van der Waals surface area contributed by atoms with Crippen LogP contribution in [0.5, 0.6) is 0 Å². The summed E-state index contributed by atoms with van der Waals surface area (Å²) in [6.45, 7) is 3.97. The largest absolute Gasteiger partial charge is 0.357 e. The molecule has 0 radical (unpaired) electrons. The molecule has 0 aromatic carbocycles. The second-order valence-electron chi connectivity index (χ2n) is 6.06. The van der Waals surface area contributed by atoms with Crippen LogP contribution < -0.4 is 10.6 Å². The number of carbonyl (C=O) groups excluding carboxylic acids is 1. The summed E-state index contributed by atoms with van der Waals surface area (Å²) in [6.07, 6.45) is 9.55. The lowest BCUT2D eigenvalue weighted by molar-refractivity contribution is -0.127. The van der Waals surface area contributed by atoms with Crippen LogP contribution in [0.2, 0.25) is 0 Å². The van der Waals surface area contributed by atoms with Gasteiger partial charge in [0.15, 0.2) is 5.96 Å². The SMILES string of the molecule is CCNC(=NCC(=O)N(C)C)NCCCC1CCCCC1.I. The molecule has 0 aromatic rings.